The van der Waals surface area contributed by atoms with Gasteiger partial charge in [-0.3, -0.25) is 9.58 Å². The van der Waals surface area contributed by atoms with Gasteiger partial charge in [-0.05, 0) is 52.7 Å². The number of nitrogen functional groups attached to an aromatic ring is 1. The molecule has 1 saturated heterocycles. The van der Waals surface area contributed by atoms with Crippen LogP contribution in [0, 0.1) is 5.82 Å². The molecule has 1 amide bonds. The fourth-order valence-corrected chi connectivity index (χ4v) is 3.87. The summed E-state index contributed by atoms with van der Waals surface area (Å²) < 4.78 is 21.4. The number of carbonyl (C=O) groups excluding carboxylic acids is 1. The Hall–Kier alpha value is -2.35. The summed E-state index contributed by atoms with van der Waals surface area (Å²) in [7, 11) is 1.76. The van der Waals surface area contributed by atoms with Crippen molar-refractivity contribution in [1.29, 1.82) is 0 Å². The third-order valence-corrected chi connectivity index (χ3v) is 5.21. The molecule has 1 aromatic heterocycles. The van der Waals surface area contributed by atoms with Crippen molar-refractivity contribution in [2.45, 2.75) is 64.8 Å². The largest absolute Gasteiger partial charge is 0.444 e. The van der Waals surface area contributed by atoms with Gasteiger partial charge in [-0.15, -0.1) is 0 Å². The number of aryl methyl sites for hydroxylation is 1. The van der Waals surface area contributed by atoms with Gasteiger partial charge in [-0.25, -0.2) is 9.18 Å². The van der Waals surface area contributed by atoms with Crippen LogP contribution in [0.15, 0.2) is 12.3 Å². The first-order valence-corrected chi connectivity index (χ1v) is 9.63. The van der Waals surface area contributed by atoms with E-state index in [9.17, 15) is 9.18 Å². The van der Waals surface area contributed by atoms with Gasteiger partial charge in [0, 0.05) is 49.0 Å². The molecule has 3 rings (SSSR count). The number of hydrogen-bond donors (Lipinski definition) is 2. The van der Waals surface area contributed by atoms with Crippen molar-refractivity contribution in [3.05, 3.63) is 23.6 Å². The maximum atomic E-state index is 14.2. The number of carbonyl (C=O) groups is 1. The van der Waals surface area contributed by atoms with Gasteiger partial charge in [0.1, 0.15) is 11.1 Å². The van der Waals surface area contributed by atoms with Gasteiger partial charge in [0.2, 0.25) is 0 Å². The predicted octanol–water partition coefficient (Wildman–Crippen LogP) is 2.82. The van der Waals surface area contributed by atoms with Gasteiger partial charge in [0.05, 0.1) is 0 Å². The second-order valence-corrected chi connectivity index (χ2v) is 8.69. The van der Waals surface area contributed by atoms with Crippen molar-refractivity contribution >= 4 is 22.7 Å². The van der Waals surface area contributed by atoms with Crippen molar-refractivity contribution < 1.29 is 13.9 Å². The van der Waals surface area contributed by atoms with Crippen molar-refractivity contribution in [2.75, 3.05) is 12.3 Å². The van der Waals surface area contributed by atoms with Crippen LogP contribution in [0.3, 0.4) is 0 Å². The first-order valence-electron chi connectivity index (χ1n) is 9.63. The van der Waals surface area contributed by atoms with Gasteiger partial charge >= 0.3 is 6.09 Å². The summed E-state index contributed by atoms with van der Waals surface area (Å²) in [5.74, 6) is -0.425. The lowest BCUT2D eigenvalue weighted by Gasteiger charge is -2.44. The minimum absolute atomic E-state index is 0.00470. The molecule has 0 bridgehead atoms. The molecule has 1 fully saturated rings. The zero-order chi connectivity index (χ0) is 20.8. The maximum absolute atomic E-state index is 14.2. The van der Waals surface area contributed by atoms with E-state index in [2.05, 4.69) is 10.4 Å². The van der Waals surface area contributed by atoms with Crippen LogP contribution >= 0.6 is 0 Å². The molecule has 3 N–H and O–H groups in total. The topological polar surface area (TPSA) is 85.4 Å². The monoisotopic (exact) mass is 391 g/mol. The highest BCUT2D eigenvalue weighted by atomic mass is 19.1. The second-order valence-electron chi connectivity index (χ2n) is 8.69. The third kappa shape index (κ3) is 3.92. The standard InChI is InChI=1S/C20H30FN5O2/c1-11-9-23-17(12(2)26(11)19(27)28-20(3,4)5)7-13-14-10-25(6)24-18(14)15(21)8-16(13)22/h8,10-12,17,23H,7,9,22H2,1-6H3/t11-,12-,17?/m0/s1. The highest BCUT2D eigenvalue weighted by molar-refractivity contribution is 5.87. The molecular weight excluding hydrogens is 361 g/mol. The van der Waals surface area contributed by atoms with E-state index in [1.165, 1.54) is 6.07 Å². The highest BCUT2D eigenvalue weighted by Crippen LogP contribution is 2.29. The molecule has 3 atom stereocenters. The molecule has 2 heterocycles. The van der Waals surface area contributed by atoms with Crippen molar-refractivity contribution in [3.8, 4) is 0 Å². The van der Waals surface area contributed by atoms with Crippen molar-refractivity contribution in [2.24, 2.45) is 7.05 Å². The number of nitrogens with one attached hydrogen (secondary N) is 1. The van der Waals surface area contributed by atoms with E-state index < -0.39 is 11.4 Å². The van der Waals surface area contributed by atoms with Crippen LogP contribution in [0.5, 0.6) is 0 Å². The summed E-state index contributed by atoms with van der Waals surface area (Å²) in [6, 6.07) is 1.17. The Morgan fingerprint density at radius 3 is 2.75 bits per heavy atom. The first-order chi connectivity index (χ1) is 13.0. The van der Waals surface area contributed by atoms with Gasteiger partial charge in [-0.1, -0.05) is 0 Å². The lowest BCUT2D eigenvalue weighted by Crippen LogP contribution is -2.63. The molecule has 1 aliphatic rings. The summed E-state index contributed by atoms with van der Waals surface area (Å²) in [5.41, 5.74) is 7.15. The summed E-state index contributed by atoms with van der Waals surface area (Å²) in [5, 5.41) is 8.41. The number of fused-ring (bicyclic) bond motifs is 1. The number of hydrogen-bond acceptors (Lipinski definition) is 5. The molecule has 0 radical (unpaired) electrons. The Bertz CT molecular complexity index is 889. The number of rotatable bonds is 2. The van der Waals surface area contributed by atoms with Crippen LogP contribution < -0.4 is 11.1 Å². The maximum Gasteiger partial charge on any atom is 0.410 e. The molecular formula is C20H30FN5O2. The van der Waals surface area contributed by atoms with Crippen molar-refractivity contribution in [3.63, 3.8) is 0 Å². The number of halogens is 1. The van der Waals surface area contributed by atoms with Crippen LogP contribution in [-0.2, 0) is 18.2 Å². The van der Waals surface area contributed by atoms with E-state index in [4.69, 9.17) is 10.5 Å². The van der Waals surface area contributed by atoms with E-state index in [1.54, 1.807) is 22.8 Å². The number of benzene rings is 1. The summed E-state index contributed by atoms with van der Waals surface area (Å²) in [6.07, 6.45) is 2.02. The van der Waals surface area contributed by atoms with Gasteiger partial charge in [-0.2, -0.15) is 5.10 Å². The van der Waals surface area contributed by atoms with E-state index in [-0.39, 0.29) is 24.2 Å². The summed E-state index contributed by atoms with van der Waals surface area (Å²) in [4.78, 5) is 14.5. The van der Waals surface area contributed by atoms with Crippen LogP contribution in [0.1, 0.15) is 40.2 Å². The first kappa shape index (κ1) is 20.4. The second kappa shape index (κ2) is 7.24. The molecule has 1 aliphatic heterocycles. The zero-order valence-electron chi connectivity index (χ0n) is 17.4. The molecule has 7 nitrogen and oxygen atoms in total. The molecule has 1 aromatic carbocycles. The van der Waals surface area contributed by atoms with E-state index >= 15 is 0 Å². The molecule has 0 saturated carbocycles. The Kier molecular flexibility index (Phi) is 5.27. The van der Waals surface area contributed by atoms with E-state index in [0.717, 1.165) is 5.56 Å². The Labute approximate surface area is 165 Å². The molecule has 0 aliphatic carbocycles. The SMILES string of the molecule is C[C@H]1CNC(Cc2c(N)cc(F)c3nn(C)cc23)[C@H](C)N1C(=O)OC(C)(C)C. The third-order valence-electron chi connectivity index (χ3n) is 5.21. The van der Waals surface area contributed by atoms with Crippen LogP contribution in [-0.4, -0.2) is 51.0 Å². The average Bonchev–Trinajstić information content (AvgIpc) is 2.94. The average molecular weight is 391 g/mol. The highest BCUT2D eigenvalue weighted by Gasteiger charge is 2.38. The minimum atomic E-state index is -0.555. The number of piperazine rings is 1. The minimum Gasteiger partial charge on any atom is -0.444 e. The number of amides is 1. The van der Waals surface area contributed by atoms with E-state index in [0.29, 0.717) is 29.6 Å². The number of ether oxygens (including phenoxy) is 1. The molecule has 28 heavy (non-hydrogen) atoms. The normalized spacial score (nSPS) is 23.2. The van der Waals surface area contributed by atoms with Crippen molar-refractivity contribution in [1.82, 2.24) is 20.0 Å². The molecule has 8 heteroatoms. The zero-order valence-corrected chi connectivity index (χ0v) is 17.4. The summed E-state index contributed by atoms with van der Waals surface area (Å²) in [6.45, 7) is 10.2. The lowest BCUT2D eigenvalue weighted by molar-refractivity contribution is -0.00448. The number of nitrogens with two attached hydrogens (primary N) is 1. The number of aromatic nitrogens is 2. The Morgan fingerprint density at radius 1 is 1.43 bits per heavy atom. The van der Waals surface area contributed by atoms with Crippen LogP contribution in [0.25, 0.3) is 10.9 Å². The summed E-state index contributed by atoms with van der Waals surface area (Å²) >= 11 is 0. The smallest absolute Gasteiger partial charge is 0.410 e. The molecule has 2 aromatic rings. The fraction of sp³-hybridized carbons (Fsp3) is 0.600. The quantitative estimate of drug-likeness (QED) is 0.769. The Balaban J connectivity index is 1.89. The predicted molar refractivity (Wildman–Crippen MR) is 108 cm³/mol. The fourth-order valence-electron chi connectivity index (χ4n) is 3.87. The van der Waals surface area contributed by atoms with Gasteiger partial charge < -0.3 is 15.8 Å². The molecule has 1 unspecified atom stereocenters. The van der Waals surface area contributed by atoms with Crippen LogP contribution in [0.2, 0.25) is 0 Å². The van der Waals surface area contributed by atoms with E-state index in [1.807, 2.05) is 34.6 Å². The van der Waals surface area contributed by atoms with Gasteiger partial charge in [0.25, 0.3) is 0 Å². The molecule has 154 valence electrons. The lowest BCUT2D eigenvalue weighted by atomic mass is 9.93. The Morgan fingerprint density at radius 2 is 2.11 bits per heavy atom. The molecule has 0 spiro atoms. The van der Waals surface area contributed by atoms with Crippen LogP contribution in [0.4, 0.5) is 14.9 Å². The van der Waals surface area contributed by atoms with Gasteiger partial charge in [0.15, 0.2) is 5.82 Å². The number of nitrogens with zero attached hydrogens (tertiary/aromatic N) is 3. The number of anilines is 1.